The summed E-state index contributed by atoms with van der Waals surface area (Å²) in [7, 11) is 0. The number of nitrogens with one attached hydrogen (secondary N) is 1. The molecule has 0 aliphatic rings. The van der Waals surface area contributed by atoms with E-state index in [9.17, 15) is 0 Å². The maximum atomic E-state index is 5.45. The Morgan fingerprint density at radius 1 is 1.29 bits per heavy atom. The molecule has 1 aromatic heterocycles. The van der Waals surface area contributed by atoms with E-state index in [1.807, 2.05) is 6.20 Å². The van der Waals surface area contributed by atoms with Crippen LogP contribution in [-0.4, -0.2) is 16.7 Å². The molecule has 2 rings (SSSR count). The van der Waals surface area contributed by atoms with Gasteiger partial charge in [0.2, 0.25) is 0 Å². The van der Waals surface area contributed by atoms with E-state index < -0.39 is 0 Å². The zero-order valence-corrected chi connectivity index (χ0v) is 8.16. The molecule has 1 aromatic carbocycles. The van der Waals surface area contributed by atoms with Crippen molar-refractivity contribution in [3.8, 4) is 0 Å². The van der Waals surface area contributed by atoms with Crippen LogP contribution in [0.2, 0.25) is 0 Å². The maximum Gasteiger partial charge on any atom is 0.0653 e. The predicted molar refractivity (Wildman–Crippen MR) is 58.1 cm³/mol. The molecule has 0 unspecified atom stereocenters. The first-order valence-electron chi connectivity index (χ1n) is 5.02. The molecule has 1 heterocycles. The van der Waals surface area contributed by atoms with Crippen LogP contribution >= 0.6 is 0 Å². The Kier molecular flexibility index (Phi) is 2.79. The SMILES string of the molecule is NCCCCc1ccc2cn[nH]c2c1. The van der Waals surface area contributed by atoms with Crippen LogP contribution in [0.3, 0.4) is 0 Å². The first-order chi connectivity index (χ1) is 6.90. The van der Waals surface area contributed by atoms with Crippen LogP contribution in [0, 0.1) is 0 Å². The van der Waals surface area contributed by atoms with Crippen LogP contribution in [0.5, 0.6) is 0 Å². The van der Waals surface area contributed by atoms with Gasteiger partial charge in [0.15, 0.2) is 0 Å². The summed E-state index contributed by atoms with van der Waals surface area (Å²) in [6.45, 7) is 0.784. The summed E-state index contributed by atoms with van der Waals surface area (Å²) in [5, 5.41) is 8.14. The maximum absolute atomic E-state index is 5.45. The number of benzene rings is 1. The van der Waals surface area contributed by atoms with E-state index >= 15 is 0 Å². The molecular formula is C11H15N3. The monoisotopic (exact) mass is 189 g/mol. The molecule has 0 radical (unpaired) electrons. The van der Waals surface area contributed by atoms with E-state index in [4.69, 9.17) is 5.73 Å². The molecule has 0 saturated carbocycles. The molecule has 14 heavy (non-hydrogen) atoms. The van der Waals surface area contributed by atoms with Gasteiger partial charge in [-0.1, -0.05) is 12.1 Å². The van der Waals surface area contributed by atoms with Crippen LogP contribution in [0.15, 0.2) is 24.4 Å². The lowest BCUT2D eigenvalue weighted by Gasteiger charge is -2.00. The molecule has 0 spiro atoms. The molecule has 0 saturated heterocycles. The summed E-state index contributed by atoms with van der Waals surface area (Å²) in [6, 6.07) is 6.43. The van der Waals surface area contributed by atoms with Crippen LogP contribution in [0.25, 0.3) is 10.9 Å². The van der Waals surface area contributed by atoms with Gasteiger partial charge in [0, 0.05) is 5.39 Å². The van der Waals surface area contributed by atoms with Crippen molar-refractivity contribution in [3.05, 3.63) is 30.0 Å². The van der Waals surface area contributed by atoms with Gasteiger partial charge in [0.05, 0.1) is 11.7 Å². The summed E-state index contributed by atoms with van der Waals surface area (Å²) < 4.78 is 0. The predicted octanol–water partition coefficient (Wildman–Crippen LogP) is 1.84. The van der Waals surface area contributed by atoms with Crippen molar-refractivity contribution in [3.63, 3.8) is 0 Å². The number of unbranched alkanes of at least 4 members (excludes halogenated alkanes) is 1. The Balaban J connectivity index is 2.10. The van der Waals surface area contributed by atoms with Crippen molar-refractivity contribution in [1.29, 1.82) is 0 Å². The number of rotatable bonds is 4. The molecule has 0 aliphatic heterocycles. The lowest BCUT2D eigenvalue weighted by atomic mass is 10.1. The summed E-state index contributed by atoms with van der Waals surface area (Å²) in [6.07, 6.45) is 5.21. The molecule has 74 valence electrons. The number of hydrogen-bond donors (Lipinski definition) is 2. The fourth-order valence-electron chi connectivity index (χ4n) is 1.61. The van der Waals surface area contributed by atoms with Gasteiger partial charge >= 0.3 is 0 Å². The smallest absolute Gasteiger partial charge is 0.0653 e. The van der Waals surface area contributed by atoms with Gasteiger partial charge in [-0.05, 0) is 37.4 Å². The normalized spacial score (nSPS) is 10.9. The van der Waals surface area contributed by atoms with Crippen molar-refractivity contribution in [2.45, 2.75) is 19.3 Å². The van der Waals surface area contributed by atoms with Crippen molar-refractivity contribution < 1.29 is 0 Å². The van der Waals surface area contributed by atoms with Crippen LogP contribution in [0.4, 0.5) is 0 Å². The van der Waals surface area contributed by atoms with Crippen LogP contribution in [-0.2, 0) is 6.42 Å². The van der Waals surface area contributed by atoms with Crippen molar-refractivity contribution in [1.82, 2.24) is 10.2 Å². The summed E-state index contributed by atoms with van der Waals surface area (Å²) >= 11 is 0. The average molecular weight is 189 g/mol. The fraction of sp³-hybridized carbons (Fsp3) is 0.364. The van der Waals surface area contributed by atoms with Crippen molar-refractivity contribution in [2.24, 2.45) is 5.73 Å². The number of aryl methyl sites for hydroxylation is 1. The van der Waals surface area contributed by atoms with Crippen LogP contribution in [0.1, 0.15) is 18.4 Å². The molecule has 0 aliphatic carbocycles. The summed E-state index contributed by atoms with van der Waals surface area (Å²) in [5.74, 6) is 0. The molecular weight excluding hydrogens is 174 g/mol. The topological polar surface area (TPSA) is 54.7 Å². The Labute approximate surface area is 83.3 Å². The molecule has 2 aromatic rings. The highest BCUT2D eigenvalue weighted by Crippen LogP contribution is 2.14. The number of nitrogens with zero attached hydrogens (tertiary/aromatic N) is 1. The quantitative estimate of drug-likeness (QED) is 0.721. The second kappa shape index (κ2) is 4.24. The minimum absolute atomic E-state index is 0.784. The van der Waals surface area contributed by atoms with E-state index in [1.165, 1.54) is 10.9 Å². The standard InChI is InChI=1S/C11H15N3/c12-6-2-1-3-9-4-5-10-8-13-14-11(10)7-9/h4-5,7-8H,1-3,6,12H2,(H,13,14). The molecule has 0 bridgehead atoms. The van der Waals surface area contributed by atoms with E-state index in [0.717, 1.165) is 31.3 Å². The highest BCUT2D eigenvalue weighted by molar-refractivity contribution is 5.78. The van der Waals surface area contributed by atoms with Gasteiger partial charge in [-0.15, -0.1) is 0 Å². The lowest BCUT2D eigenvalue weighted by Crippen LogP contribution is -1.98. The highest BCUT2D eigenvalue weighted by atomic mass is 15.1. The zero-order chi connectivity index (χ0) is 9.80. The van der Waals surface area contributed by atoms with Gasteiger partial charge in [0.1, 0.15) is 0 Å². The lowest BCUT2D eigenvalue weighted by molar-refractivity contribution is 0.745. The van der Waals surface area contributed by atoms with E-state index in [0.29, 0.717) is 0 Å². The molecule has 3 heteroatoms. The van der Waals surface area contributed by atoms with Gasteiger partial charge < -0.3 is 5.73 Å². The third kappa shape index (κ3) is 1.93. The molecule has 3 nitrogen and oxygen atoms in total. The summed E-state index contributed by atoms with van der Waals surface area (Å²) in [4.78, 5) is 0. The van der Waals surface area contributed by atoms with Gasteiger partial charge in [0.25, 0.3) is 0 Å². The van der Waals surface area contributed by atoms with E-state index in [2.05, 4.69) is 28.4 Å². The Morgan fingerprint density at radius 2 is 2.21 bits per heavy atom. The highest BCUT2D eigenvalue weighted by Gasteiger charge is 1.97. The second-order valence-corrected chi connectivity index (χ2v) is 3.54. The Bertz CT molecular complexity index is 406. The molecule has 0 atom stereocenters. The first kappa shape index (κ1) is 9.21. The van der Waals surface area contributed by atoms with Gasteiger partial charge in [-0.25, -0.2) is 0 Å². The van der Waals surface area contributed by atoms with Crippen molar-refractivity contribution in [2.75, 3.05) is 6.54 Å². The van der Waals surface area contributed by atoms with E-state index in [-0.39, 0.29) is 0 Å². The molecule has 0 fully saturated rings. The number of aromatic amines is 1. The van der Waals surface area contributed by atoms with Crippen LogP contribution < -0.4 is 5.73 Å². The number of nitrogens with two attached hydrogens (primary N) is 1. The Morgan fingerprint density at radius 3 is 3.07 bits per heavy atom. The molecule has 3 N–H and O–H groups in total. The van der Waals surface area contributed by atoms with Gasteiger partial charge in [-0.2, -0.15) is 5.10 Å². The minimum atomic E-state index is 0.784. The van der Waals surface area contributed by atoms with E-state index in [1.54, 1.807) is 0 Å². The molecule has 0 amide bonds. The third-order valence-electron chi connectivity index (χ3n) is 2.43. The minimum Gasteiger partial charge on any atom is -0.330 e. The third-order valence-corrected chi connectivity index (χ3v) is 2.43. The largest absolute Gasteiger partial charge is 0.330 e. The summed E-state index contributed by atoms with van der Waals surface area (Å²) in [5.41, 5.74) is 7.93. The number of fused-ring (bicyclic) bond motifs is 1. The fourth-order valence-corrected chi connectivity index (χ4v) is 1.61. The number of H-pyrrole nitrogens is 1. The first-order valence-corrected chi connectivity index (χ1v) is 5.02. The van der Waals surface area contributed by atoms with Gasteiger partial charge in [-0.3, -0.25) is 5.10 Å². The zero-order valence-electron chi connectivity index (χ0n) is 8.16. The van der Waals surface area contributed by atoms with Crippen molar-refractivity contribution >= 4 is 10.9 Å². The average Bonchev–Trinajstić information content (AvgIpc) is 2.65. The Hall–Kier alpha value is -1.35. The number of hydrogen-bond acceptors (Lipinski definition) is 2. The number of aromatic nitrogens is 2. The second-order valence-electron chi connectivity index (χ2n) is 3.54.